The lowest BCUT2D eigenvalue weighted by Gasteiger charge is -2.52. The van der Waals surface area contributed by atoms with E-state index in [1.165, 1.54) is 18.1 Å². The van der Waals surface area contributed by atoms with Gasteiger partial charge in [0, 0.05) is 13.3 Å². The van der Waals surface area contributed by atoms with Crippen molar-refractivity contribution >= 4 is 17.8 Å². The van der Waals surface area contributed by atoms with Gasteiger partial charge in [0.1, 0.15) is 5.75 Å². The molecule has 4 atom stereocenters. The van der Waals surface area contributed by atoms with Crippen molar-refractivity contribution in [3.05, 3.63) is 29.3 Å². The Labute approximate surface area is 147 Å². The molecule has 5 nitrogen and oxygen atoms in total. The number of carbonyl (C=O) groups is 3. The van der Waals surface area contributed by atoms with Gasteiger partial charge in [-0.05, 0) is 66.7 Å². The van der Waals surface area contributed by atoms with Crippen LogP contribution in [0.1, 0.15) is 56.6 Å². The molecule has 3 aliphatic rings. The van der Waals surface area contributed by atoms with Gasteiger partial charge in [-0.25, -0.2) is 0 Å². The van der Waals surface area contributed by atoms with Crippen LogP contribution >= 0.6 is 0 Å². The van der Waals surface area contributed by atoms with Crippen molar-refractivity contribution in [2.24, 2.45) is 17.3 Å². The molecule has 0 bridgehead atoms. The van der Waals surface area contributed by atoms with Gasteiger partial charge in [-0.15, -0.1) is 0 Å². The molecule has 1 saturated carbocycles. The quantitative estimate of drug-likeness (QED) is 0.484. The molecule has 1 aromatic rings. The van der Waals surface area contributed by atoms with Crippen LogP contribution in [0.25, 0.3) is 0 Å². The zero-order valence-corrected chi connectivity index (χ0v) is 14.6. The number of benzene rings is 1. The van der Waals surface area contributed by atoms with Gasteiger partial charge in [0.05, 0.1) is 5.41 Å². The van der Waals surface area contributed by atoms with E-state index in [0.717, 1.165) is 25.7 Å². The molecule has 2 amide bonds. The number of ether oxygens (including phenoxy) is 1. The van der Waals surface area contributed by atoms with Gasteiger partial charge in [-0.3, -0.25) is 19.7 Å². The van der Waals surface area contributed by atoms with Gasteiger partial charge in [0.25, 0.3) is 0 Å². The molecule has 0 aromatic heterocycles. The maximum Gasteiger partial charge on any atom is 0.308 e. The summed E-state index contributed by atoms with van der Waals surface area (Å²) in [5.41, 5.74) is 2.10. The molecular formula is C20H23NO4. The maximum absolute atomic E-state index is 12.4. The molecule has 2 unspecified atom stereocenters. The first-order chi connectivity index (χ1) is 11.9. The number of hydrogen-bond acceptors (Lipinski definition) is 4. The highest BCUT2D eigenvalue weighted by Gasteiger charge is 2.54. The van der Waals surface area contributed by atoms with Gasteiger partial charge >= 0.3 is 5.97 Å². The Balaban J connectivity index is 1.66. The first kappa shape index (κ1) is 16.3. The fraction of sp³-hybridized carbons (Fsp3) is 0.550. The molecule has 1 aromatic carbocycles. The number of piperidine rings is 1. The van der Waals surface area contributed by atoms with E-state index in [1.807, 2.05) is 19.1 Å². The molecule has 0 radical (unpaired) electrons. The zero-order chi connectivity index (χ0) is 17.8. The van der Waals surface area contributed by atoms with Crippen LogP contribution in [-0.2, 0) is 20.8 Å². The van der Waals surface area contributed by atoms with Crippen molar-refractivity contribution in [3.8, 4) is 5.75 Å². The Morgan fingerprint density at radius 1 is 1.28 bits per heavy atom. The second-order valence-electron chi connectivity index (χ2n) is 7.91. The smallest absolute Gasteiger partial charge is 0.308 e. The predicted octanol–water partition coefficient (Wildman–Crippen LogP) is 2.72. The van der Waals surface area contributed by atoms with E-state index in [1.54, 1.807) is 0 Å². The van der Waals surface area contributed by atoms with Crippen molar-refractivity contribution in [3.63, 3.8) is 0 Å². The van der Waals surface area contributed by atoms with Gasteiger partial charge < -0.3 is 4.74 Å². The van der Waals surface area contributed by atoms with Gasteiger partial charge in [-0.1, -0.05) is 13.0 Å². The highest BCUT2D eigenvalue weighted by Crippen LogP contribution is 2.57. The second-order valence-corrected chi connectivity index (χ2v) is 7.91. The largest absolute Gasteiger partial charge is 0.427 e. The number of carbonyl (C=O) groups excluding carboxylic acids is 3. The second kappa shape index (κ2) is 5.68. The lowest BCUT2D eigenvalue weighted by atomic mass is 9.52. The number of imide groups is 1. The molecule has 1 heterocycles. The minimum Gasteiger partial charge on any atom is -0.427 e. The van der Waals surface area contributed by atoms with Crippen molar-refractivity contribution in [1.82, 2.24) is 5.32 Å². The molecule has 1 N–H and O–H groups in total. The van der Waals surface area contributed by atoms with Crippen LogP contribution in [0.3, 0.4) is 0 Å². The van der Waals surface area contributed by atoms with Gasteiger partial charge in [0.2, 0.25) is 11.8 Å². The van der Waals surface area contributed by atoms with Crippen molar-refractivity contribution < 1.29 is 19.1 Å². The zero-order valence-electron chi connectivity index (χ0n) is 14.6. The molecule has 2 fully saturated rings. The molecule has 2 aliphatic carbocycles. The first-order valence-corrected chi connectivity index (χ1v) is 9.04. The minimum atomic E-state index is -0.426. The van der Waals surface area contributed by atoms with Crippen molar-refractivity contribution in [2.45, 2.75) is 51.9 Å². The maximum atomic E-state index is 12.4. The van der Waals surface area contributed by atoms with E-state index in [2.05, 4.69) is 11.4 Å². The molecular weight excluding hydrogens is 318 g/mol. The van der Waals surface area contributed by atoms with Crippen LogP contribution in [0, 0.1) is 17.3 Å². The highest BCUT2D eigenvalue weighted by atomic mass is 16.5. The molecule has 0 spiro atoms. The van der Waals surface area contributed by atoms with E-state index in [0.29, 0.717) is 24.0 Å². The Kier molecular flexibility index (Phi) is 3.71. The molecule has 1 aliphatic heterocycles. The van der Waals surface area contributed by atoms with Crippen LogP contribution in [0.2, 0.25) is 0 Å². The summed E-state index contributed by atoms with van der Waals surface area (Å²) in [4.78, 5) is 35.6. The van der Waals surface area contributed by atoms with Crippen LogP contribution in [0.5, 0.6) is 5.75 Å². The normalized spacial score (nSPS) is 33.6. The molecule has 4 rings (SSSR count). The van der Waals surface area contributed by atoms with Crippen LogP contribution < -0.4 is 10.1 Å². The van der Waals surface area contributed by atoms with E-state index < -0.39 is 5.41 Å². The van der Waals surface area contributed by atoms with E-state index in [-0.39, 0.29) is 23.7 Å². The Morgan fingerprint density at radius 2 is 2.08 bits per heavy atom. The van der Waals surface area contributed by atoms with Gasteiger partial charge in [0.15, 0.2) is 0 Å². The average Bonchev–Trinajstić information content (AvgIpc) is 2.55. The molecule has 132 valence electrons. The number of amides is 2. The van der Waals surface area contributed by atoms with Crippen molar-refractivity contribution in [1.29, 1.82) is 0 Å². The standard InChI is InChI=1S/C20H23NO4/c1-11(22)25-13-4-6-14-12(9-13)3-5-16-15(14)7-8-20(2)17(16)10-18(23)21-19(20)24/h4,6,9,15-17H,3,5,7-8,10H2,1-2H3,(H,21,23,24)/t15?,16-,17?,20+/m1/s1. The number of hydrogen-bond donors (Lipinski definition) is 1. The number of fused-ring (bicyclic) bond motifs is 5. The van der Waals surface area contributed by atoms with E-state index in [9.17, 15) is 14.4 Å². The highest BCUT2D eigenvalue weighted by molar-refractivity contribution is 6.01. The average molecular weight is 341 g/mol. The minimum absolute atomic E-state index is 0.0943. The van der Waals surface area contributed by atoms with Crippen LogP contribution in [-0.4, -0.2) is 17.8 Å². The van der Waals surface area contributed by atoms with E-state index in [4.69, 9.17) is 4.74 Å². The Morgan fingerprint density at radius 3 is 2.84 bits per heavy atom. The third kappa shape index (κ3) is 2.57. The summed E-state index contributed by atoms with van der Waals surface area (Å²) in [6.45, 7) is 3.43. The SMILES string of the molecule is CC(=O)Oc1ccc2c(c1)CC[C@@H]1C2CC[C@]2(C)C(=O)NC(=O)CC12. The topological polar surface area (TPSA) is 72.5 Å². The third-order valence-electron chi connectivity index (χ3n) is 6.53. The number of rotatable bonds is 1. The summed E-state index contributed by atoms with van der Waals surface area (Å²) < 4.78 is 5.21. The van der Waals surface area contributed by atoms with Crippen molar-refractivity contribution in [2.75, 3.05) is 0 Å². The van der Waals surface area contributed by atoms with E-state index >= 15 is 0 Å². The predicted molar refractivity (Wildman–Crippen MR) is 90.9 cm³/mol. The first-order valence-electron chi connectivity index (χ1n) is 9.04. The summed E-state index contributed by atoms with van der Waals surface area (Å²) in [6.07, 6.45) is 4.09. The molecule has 1 saturated heterocycles. The van der Waals surface area contributed by atoms with Crippen LogP contribution in [0.15, 0.2) is 18.2 Å². The fourth-order valence-corrected chi connectivity index (χ4v) is 5.29. The lowest BCUT2D eigenvalue weighted by molar-refractivity contribution is -0.151. The third-order valence-corrected chi connectivity index (χ3v) is 6.53. The lowest BCUT2D eigenvalue weighted by Crippen LogP contribution is -2.57. The summed E-state index contributed by atoms with van der Waals surface area (Å²) in [7, 11) is 0. The Hall–Kier alpha value is -2.17. The fourth-order valence-electron chi connectivity index (χ4n) is 5.29. The summed E-state index contributed by atoms with van der Waals surface area (Å²) >= 11 is 0. The molecule has 5 heteroatoms. The summed E-state index contributed by atoms with van der Waals surface area (Å²) in [5, 5.41) is 2.53. The van der Waals surface area contributed by atoms with Gasteiger partial charge in [-0.2, -0.15) is 0 Å². The summed E-state index contributed by atoms with van der Waals surface area (Å²) in [5.74, 6) is 0.917. The molecule has 25 heavy (non-hydrogen) atoms. The van der Waals surface area contributed by atoms with Crippen LogP contribution in [0.4, 0.5) is 0 Å². The monoisotopic (exact) mass is 341 g/mol. The summed E-state index contributed by atoms with van der Waals surface area (Å²) in [6, 6.07) is 5.90. The number of nitrogens with one attached hydrogen (secondary N) is 1. The number of aryl methyl sites for hydroxylation is 1. The Bertz CT molecular complexity index is 771. The number of esters is 1.